The lowest BCUT2D eigenvalue weighted by Gasteiger charge is -2.03. The highest BCUT2D eigenvalue weighted by molar-refractivity contribution is 7.21. The van der Waals surface area contributed by atoms with Gasteiger partial charge in [0.05, 0.1) is 15.2 Å². The van der Waals surface area contributed by atoms with Crippen LogP contribution in [0.25, 0.3) is 20.8 Å². The third-order valence-electron chi connectivity index (χ3n) is 3.96. The van der Waals surface area contributed by atoms with E-state index in [0.29, 0.717) is 0 Å². The predicted molar refractivity (Wildman–Crippen MR) is 116 cm³/mol. The van der Waals surface area contributed by atoms with E-state index in [1.165, 1.54) is 4.70 Å². The summed E-state index contributed by atoms with van der Waals surface area (Å²) in [4.78, 5) is 14.8. The number of para-hydroxylation sites is 1. The number of aryl methyl sites for hydroxylation is 1. The average Bonchev–Trinajstić information content (AvgIpc) is 3.12. The van der Waals surface area contributed by atoms with E-state index >= 15 is 0 Å². The number of hydrogen-bond donors (Lipinski definition) is 1. The van der Waals surface area contributed by atoms with Gasteiger partial charge in [-0.1, -0.05) is 47.5 Å². The lowest BCUT2D eigenvalue weighted by Crippen LogP contribution is -1.88. The Morgan fingerprint density at radius 2 is 1.85 bits per heavy atom. The van der Waals surface area contributed by atoms with E-state index in [9.17, 15) is 4.79 Å². The summed E-state index contributed by atoms with van der Waals surface area (Å²) in [5, 5.41) is 4.76. The molecule has 0 spiro atoms. The lowest BCUT2D eigenvalue weighted by molar-refractivity contribution is 0.112. The zero-order valence-electron chi connectivity index (χ0n) is 15.1. The highest BCUT2D eigenvalue weighted by atomic mass is 35.5. The molecule has 3 nitrogen and oxygen atoms in total. The van der Waals surface area contributed by atoms with Crippen LogP contribution in [0.1, 0.15) is 15.9 Å². The second kappa shape index (κ2) is 8.80. The van der Waals surface area contributed by atoms with Crippen molar-refractivity contribution >= 4 is 45.1 Å². The fourth-order valence-electron chi connectivity index (χ4n) is 2.57. The van der Waals surface area contributed by atoms with Gasteiger partial charge in [0.25, 0.3) is 0 Å². The average molecular weight is 395 g/mol. The maximum Gasteiger partial charge on any atom is 0.150 e. The monoisotopic (exact) mass is 394 g/mol. The first-order valence-electron chi connectivity index (χ1n) is 8.46. The van der Waals surface area contributed by atoms with Gasteiger partial charge in [-0.3, -0.25) is 4.79 Å². The van der Waals surface area contributed by atoms with E-state index in [2.05, 4.69) is 16.4 Å². The molecule has 5 heteroatoms. The molecule has 4 aromatic rings. The zero-order chi connectivity index (χ0) is 19.2. The lowest BCUT2D eigenvalue weighted by atomic mass is 10.2. The van der Waals surface area contributed by atoms with Gasteiger partial charge in [-0.25, -0.2) is 4.98 Å². The van der Waals surface area contributed by atoms with E-state index < -0.39 is 0 Å². The van der Waals surface area contributed by atoms with E-state index in [0.717, 1.165) is 44.2 Å². The van der Waals surface area contributed by atoms with Gasteiger partial charge in [0.2, 0.25) is 0 Å². The number of thiazole rings is 1. The zero-order valence-corrected chi connectivity index (χ0v) is 16.6. The summed E-state index contributed by atoms with van der Waals surface area (Å²) in [5.41, 5.74) is 4.88. The van der Waals surface area contributed by atoms with Crippen molar-refractivity contribution in [2.24, 2.45) is 0 Å². The van der Waals surface area contributed by atoms with Crippen LogP contribution in [-0.2, 0) is 0 Å². The van der Waals surface area contributed by atoms with Crippen LogP contribution in [0.5, 0.6) is 0 Å². The minimum atomic E-state index is 0.723. The molecule has 0 aliphatic heterocycles. The number of aromatic nitrogens is 1. The number of benzene rings is 3. The van der Waals surface area contributed by atoms with Crippen molar-refractivity contribution in [1.29, 1.82) is 0 Å². The number of nitrogens with one attached hydrogen (secondary N) is 1. The number of aldehydes is 1. The molecule has 1 aromatic heterocycles. The smallest absolute Gasteiger partial charge is 0.150 e. The molecular formula is C22H19ClN2OS. The molecule has 0 unspecified atom stereocenters. The minimum Gasteiger partial charge on any atom is -0.388 e. The molecular weight excluding hydrogens is 376 g/mol. The van der Waals surface area contributed by atoms with Gasteiger partial charge in [0.15, 0.2) is 0 Å². The number of anilines is 1. The molecule has 27 heavy (non-hydrogen) atoms. The molecule has 0 radical (unpaired) electrons. The fraction of sp³-hybridized carbons (Fsp3) is 0.0909. The molecule has 0 amide bonds. The van der Waals surface area contributed by atoms with Crippen LogP contribution < -0.4 is 5.32 Å². The van der Waals surface area contributed by atoms with Gasteiger partial charge < -0.3 is 5.32 Å². The Kier molecular flexibility index (Phi) is 6.22. The SMILES string of the molecule is CNc1ccc(-c2nc3ccccc3s2)c(Cl)c1.Cc1cccc(C=O)c1. The molecule has 0 saturated carbocycles. The summed E-state index contributed by atoms with van der Waals surface area (Å²) in [6.45, 7) is 1.97. The summed E-state index contributed by atoms with van der Waals surface area (Å²) < 4.78 is 1.18. The number of nitrogens with zero attached hydrogens (tertiary/aromatic N) is 1. The van der Waals surface area contributed by atoms with Crippen molar-refractivity contribution in [1.82, 2.24) is 4.98 Å². The summed E-state index contributed by atoms with van der Waals surface area (Å²) in [6.07, 6.45) is 0.854. The van der Waals surface area contributed by atoms with E-state index in [4.69, 9.17) is 11.6 Å². The van der Waals surface area contributed by atoms with Gasteiger partial charge in [0.1, 0.15) is 11.3 Å². The number of fused-ring (bicyclic) bond motifs is 1. The van der Waals surface area contributed by atoms with Gasteiger partial charge in [-0.15, -0.1) is 11.3 Å². The maximum atomic E-state index is 10.2. The second-order valence-electron chi connectivity index (χ2n) is 5.96. The van der Waals surface area contributed by atoms with Crippen LogP contribution in [-0.4, -0.2) is 18.3 Å². The predicted octanol–water partition coefficient (Wildman–Crippen LogP) is 6.47. The molecule has 0 atom stereocenters. The van der Waals surface area contributed by atoms with Crippen molar-refractivity contribution in [3.63, 3.8) is 0 Å². The molecule has 0 bridgehead atoms. The number of hydrogen-bond acceptors (Lipinski definition) is 4. The van der Waals surface area contributed by atoms with Crippen LogP contribution in [0, 0.1) is 6.92 Å². The van der Waals surface area contributed by atoms with Gasteiger partial charge >= 0.3 is 0 Å². The van der Waals surface area contributed by atoms with E-state index in [-0.39, 0.29) is 0 Å². The molecule has 0 saturated heterocycles. The van der Waals surface area contributed by atoms with Crippen LogP contribution in [0.2, 0.25) is 5.02 Å². The molecule has 4 rings (SSSR count). The van der Waals surface area contributed by atoms with Crippen molar-refractivity contribution in [3.05, 3.63) is 82.9 Å². The number of carbonyl (C=O) groups excluding carboxylic acids is 1. The fourth-order valence-corrected chi connectivity index (χ4v) is 3.91. The first-order valence-corrected chi connectivity index (χ1v) is 9.65. The molecule has 0 fully saturated rings. The van der Waals surface area contributed by atoms with Crippen LogP contribution in [0.3, 0.4) is 0 Å². The second-order valence-corrected chi connectivity index (χ2v) is 7.40. The van der Waals surface area contributed by atoms with Gasteiger partial charge in [0, 0.05) is 23.9 Å². The van der Waals surface area contributed by atoms with Crippen molar-refractivity contribution < 1.29 is 4.79 Å². The Bertz CT molecular complexity index is 1040. The maximum absolute atomic E-state index is 10.2. The molecule has 136 valence electrons. The third kappa shape index (κ3) is 4.73. The summed E-state index contributed by atoms with van der Waals surface area (Å²) in [5.74, 6) is 0. The van der Waals surface area contributed by atoms with Crippen molar-refractivity contribution in [2.75, 3.05) is 12.4 Å². The van der Waals surface area contributed by atoms with Crippen molar-refractivity contribution in [3.8, 4) is 10.6 Å². The molecule has 3 aromatic carbocycles. The Hall–Kier alpha value is -2.69. The Labute approximate surface area is 167 Å². The van der Waals surface area contributed by atoms with Gasteiger partial charge in [-0.05, 0) is 43.3 Å². The largest absolute Gasteiger partial charge is 0.388 e. The van der Waals surface area contributed by atoms with E-state index in [1.807, 2.05) is 68.6 Å². The molecule has 1 N–H and O–H groups in total. The molecule has 1 heterocycles. The van der Waals surface area contributed by atoms with Gasteiger partial charge in [-0.2, -0.15) is 0 Å². The summed E-state index contributed by atoms with van der Waals surface area (Å²) >= 11 is 7.96. The summed E-state index contributed by atoms with van der Waals surface area (Å²) in [7, 11) is 1.88. The standard InChI is InChI=1S/C14H11ClN2S.C8H8O/c1-16-9-6-7-10(11(15)8-9)14-17-12-4-2-3-5-13(12)18-14;1-7-3-2-4-8(5-7)6-9/h2-8,16H,1H3;2-6H,1H3. The molecule has 0 aliphatic carbocycles. The van der Waals surface area contributed by atoms with E-state index in [1.54, 1.807) is 17.4 Å². The van der Waals surface area contributed by atoms with Crippen LogP contribution in [0.15, 0.2) is 66.7 Å². The Balaban J connectivity index is 0.000000197. The normalized spacial score (nSPS) is 10.2. The molecule has 0 aliphatic rings. The Morgan fingerprint density at radius 1 is 1.04 bits per heavy atom. The number of halogens is 1. The topological polar surface area (TPSA) is 42.0 Å². The first kappa shape index (κ1) is 19.1. The quantitative estimate of drug-likeness (QED) is 0.405. The highest BCUT2D eigenvalue weighted by Crippen LogP contribution is 2.35. The van der Waals surface area contributed by atoms with Crippen LogP contribution >= 0.6 is 22.9 Å². The third-order valence-corrected chi connectivity index (χ3v) is 5.34. The highest BCUT2D eigenvalue weighted by Gasteiger charge is 2.09. The van der Waals surface area contributed by atoms with Crippen molar-refractivity contribution in [2.45, 2.75) is 6.92 Å². The van der Waals surface area contributed by atoms with Crippen LogP contribution in [0.4, 0.5) is 5.69 Å². The first-order chi connectivity index (χ1) is 13.1. The Morgan fingerprint density at radius 3 is 2.48 bits per heavy atom. The summed E-state index contributed by atoms with van der Waals surface area (Å²) in [6, 6.07) is 21.5. The number of carbonyl (C=O) groups is 1. The minimum absolute atomic E-state index is 0.723. The number of rotatable bonds is 3.